The summed E-state index contributed by atoms with van der Waals surface area (Å²) in [4.78, 5) is 33.6. The van der Waals surface area contributed by atoms with Gasteiger partial charge >= 0.3 is 5.97 Å². The van der Waals surface area contributed by atoms with Gasteiger partial charge in [-0.15, -0.1) is 5.10 Å². The van der Waals surface area contributed by atoms with Crippen molar-refractivity contribution in [1.29, 1.82) is 0 Å². The molecule has 1 heterocycles. The molecule has 0 aliphatic heterocycles. The highest BCUT2D eigenvalue weighted by atomic mass is 16.4. The van der Waals surface area contributed by atoms with Crippen molar-refractivity contribution < 1.29 is 19.5 Å². The van der Waals surface area contributed by atoms with Crippen LogP contribution in [0.25, 0.3) is 0 Å². The molecule has 0 fully saturated rings. The van der Waals surface area contributed by atoms with Gasteiger partial charge in [-0.3, -0.25) is 9.59 Å². The van der Waals surface area contributed by atoms with Gasteiger partial charge in [0.25, 0.3) is 5.91 Å². The van der Waals surface area contributed by atoms with Crippen LogP contribution in [-0.2, 0) is 16.1 Å². The van der Waals surface area contributed by atoms with Crippen LogP contribution in [0.15, 0.2) is 6.20 Å². The summed E-state index contributed by atoms with van der Waals surface area (Å²) in [5.41, 5.74) is 4.91. The maximum Gasteiger partial charge on any atom is 0.326 e. The standard InChI is InChI=1S/C11H17N5O4/c1-6(2)3-7(11(19)20)13-10(18)8-4-16(15-14-8)5-9(12)17/h4,6-7H,3,5H2,1-2H3,(H2,12,17)(H,13,18)(H,19,20). The molecule has 0 saturated heterocycles. The first kappa shape index (κ1) is 15.6. The molecule has 1 atom stereocenters. The van der Waals surface area contributed by atoms with E-state index < -0.39 is 23.8 Å². The third-order valence-electron chi connectivity index (χ3n) is 2.40. The lowest BCUT2D eigenvalue weighted by atomic mass is 10.0. The second-order valence-electron chi connectivity index (χ2n) is 4.76. The van der Waals surface area contributed by atoms with Gasteiger partial charge in [-0.05, 0) is 12.3 Å². The summed E-state index contributed by atoms with van der Waals surface area (Å²) in [7, 11) is 0. The summed E-state index contributed by atoms with van der Waals surface area (Å²) in [6.07, 6.45) is 1.53. The smallest absolute Gasteiger partial charge is 0.326 e. The van der Waals surface area contributed by atoms with E-state index in [1.54, 1.807) is 0 Å². The number of carboxylic acids is 1. The average molecular weight is 283 g/mol. The molecule has 0 radical (unpaired) electrons. The van der Waals surface area contributed by atoms with Gasteiger partial charge in [0.05, 0.1) is 6.20 Å². The first-order valence-electron chi connectivity index (χ1n) is 6.01. The van der Waals surface area contributed by atoms with Crippen molar-refractivity contribution >= 4 is 17.8 Å². The van der Waals surface area contributed by atoms with E-state index in [2.05, 4.69) is 15.6 Å². The molecular weight excluding hydrogens is 266 g/mol. The second-order valence-corrected chi connectivity index (χ2v) is 4.76. The summed E-state index contributed by atoms with van der Waals surface area (Å²) in [6, 6.07) is -0.996. The van der Waals surface area contributed by atoms with Crippen LogP contribution >= 0.6 is 0 Å². The van der Waals surface area contributed by atoms with E-state index >= 15 is 0 Å². The molecule has 0 aromatic carbocycles. The topological polar surface area (TPSA) is 140 Å². The van der Waals surface area contributed by atoms with E-state index in [0.717, 1.165) is 4.68 Å². The lowest BCUT2D eigenvalue weighted by Gasteiger charge is -2.15. The Balaban J connectivity index is 2.71. The Hall–Kier alpha value is -2.45. The van der Waals surface area contributed by atoms with Crippen LogP contribution in [0.3, 0.4) is 0 Å². The lowest BCUT2D eigenvalue weighted by Crippen LogP contribution is -2.41. The molecule has 0 aliphatic carbocycles. The van der Waals surface area contributed by atoms with Crippen molar-refractivity contribution in [2.45, 2.75) is 32.9 Å². The quantitative estimate of drug-likeness (QED) is 0.585. The SMILES string of the molecule is CC(C)CC(NC(=O)c1cn(CC(N)=O)nn1)C(=O)O. The minimum atomic E-state index is -1.11. The van der Waals surface area contributed by atoms with Gasteiger partial charge in [-0.25, -0.2) is 9.48 Å². The van der Waals surface area contributed by atoms with Crippen LogP contribution in [0, 0.1) is 5.92 Å². The number of aliphatic carboxylic acids is 1. The molecular formula is C11H17N5O4. The van der Waals surface area contributed by atoms with E-state index in [9.17, 15) is 14.4 Å². The molecule has 9 nitrogen and oxygen atoms in total. The van der Waals surface area contributed by atoms with Gasteiger partial charge in [-0.2, -0.15) is 0 Å². The van der Waals surface area contributed by atoms with E-state index in [1.807, 2.05) is 13.8 Å². The average Bonchev–Trinajstić information content (AvgIpc) is 2.74. The van der Waals surface area contributed by atoms with Crippen molar-refractivity contribution in [2.24, 2.45) is 11.7 Å². The van der Waals surface area contributed by atoms with E-state index in [-0.39, 0.29) is 18.2 Å². The fourth-order valence-corrected chi connectivity index (χ4v) is 1.56. The van der Waals surface area contributed by atoms with E-state index in [1.165, 1.54) is 6.20 Å². The summed E-state index contributed by atoms with van der Waals surface area (Å²) < 4.78 is 1.11. The molecule has 9 heteroatoms. The van der Waals surface area contributed by atoms with Gasteiger partial charge in [-0.1, -0.05) is 19.1 Å². The molecule has 1 unspecified atom stereocenters. The number of hydrogen-bond acceptors (Lipinski definition) is 5. The van der Waals surface area contributed by atoms with Crippen molar-refractivity contribution in [3.05, 3.63) is 11.9 Å². The summed E-state index contributed by atoms with van der Waals surface area (Å²) >= 11 is 0. The minimum Gasteiger partial charge on any atom is -0.480 e. The zero-order chi connectivity index (χ0) is 15.3. The zero-order valence-corrected chi connectivity index (χ0v) is 11.2. The van der Waals surface area contributed by atoms with Crippen LogP contribution in [0.5, 0.6) is 0 Å². The highest BCUT2D eigenvalue weighted by molar-refractivity contribution is 5.94. The second kappa shape index (κ2) is 6.64. The number of aromatic nitrogens is 3. The number of hydrogen-bond donors (Lipinski definition) is 3. The molecule has 0 spiro atoms. The van der Waals surface area contributed by atoms with Crippen LogP contribution < -0.4 is 11.1 Å². The number of carboxylic acid groups (broad SMARTS) is 1. The van der Waals surface area contributed by atoms with Crippen LogP contribution in [-0.4, -0.2) is 43.9 Å². The van der Waals surface area contributed by atoms with Gasteiger partial charge in [0.2, 0.25) is 5.91 Å². The highest BCUT2D eigenvalue weighted by Gasteiger charge is 2.23. The Labute approximate surface area is 115 Å². The fraction of sp³-hybridized carbons (Fsp3) is 0.545. The predicted octanol–water partition coefficient (Wildman–Crippen LogP) is -1.01. The Morgan fingerprint density at radius 3 is 2.60 bits per heavy atom. The number of carbonyl (C=O) groups is 3. The Morgan fingerprint density at radius 2 is 2.10 bits per heavy atom. The third kappa shape index (κ3) is 4.67. The largest absolute Gasteiger partial charge is 0.480 e. The fourth-order valence-electron chi connectivity index (χ4n) is 1.56. The summed E-state index contributed by atoms with van der Waals surface area (Å²) in [5.74, 6) is -2.28. The number of primary amides is 1. The minimum absolute atomic E-state index is 0.0683. The van der Waals surface area contributed by atoms with Gasteiger partial charge in [0.1, 0.15) is 12.6 Å². The zero-order valence-electron chi connectivity index (χ0n) is 11.2. The van der Waals surface area contributed by atoms with Crippen LogP contribution in [0.2, 0.25) is 0 Å². The van der Waals surface area contributed by atoms with Crippen LogP contribution in [0.4, 0.5) is 0 Å². The van der Waals surface area contributed by atoms with Crippen molar-refractivity contribution in [3.63, 3.8) is 0 Å². The van der Waals surface area contributed by atoms with E-state index in [4.69, 9.17) is 10.8 Å². The van der Waals surface area contributed by atoms with Gasteiger partial charge in [0, 0.05) is 0 Å². The molecule has 1 aromatic heterocycles. The monoisotopic (exact) mass is 283 g/mol. The Kier molecular flexibility index (Phi) is 5.18. The molecule has 110 valence electrons. The molecule has 4 N–H and O–H groups in total. The molecule has 1 rings (SSSR count). The maximum absolute atomic E-state index is 11.8. The van der Waals surface area contributed by atoms with Gasteiger partial charge < -0.3 is 16.2 Å². The number of amides is 2. The van der Waals surface area contributed by atoms with E-state index in [0.29, 0.717) is 6.42 Å². The number of rotatable bonds is 7. The van der Waals surface area contributed by atoms with Crippen molar-refractivity contribution in [3.8, 4) is 0 Å². The number of carbonyl (C=O) groups excluding carboxylic acids is 2. The van der Waals surface area contributed by atoms with Crippen molar-refractivity contribution in [1.82, 2.24) is 20.3 Å². The highest BCUT2D eigenvalue weighted by Crippen LogP contribution is 2.06. The molecule has 1 aromatic rings. The molecule has 0 saturated carbocycles. The first-order valence-corrected chi connectivity index (χ1v) is 6.01. The van der Waals surface area contributed by atoms with Crippen LogP contribution in [0.1, 0.15) is 30.8 Å². The summed E-state index contributed by atoms with van der Waals surface area (Å²) in [5, 5.41) is 18.5. The number of nitrogens with two attached hydrogens (primary N) is 1. The third-order valence-corrected chi connectivity index (χ3v) is 2.40. The number of nitrogens with one attached hydrogen (secondary N) is 1. The van der Waals surface area contributed by atoms with Crippen molar-refractivity contribution in [2.75, 3.05) is 0 Å². The molecule has 0 aliphatic rings. The number of nitrogens with zero attached hydrogens (tertiary/aromatic N) is 3. The van der Waals surface area contributed by atoms with Gasteiger partial charge in [0.15, 0.2) is 5.69 Å². The lowest BCUT2D eigenvalue weighted by molar-refractivity contribution is -0.139. The molecule has 0 bridgehead atoms. The Bertz CT molecular complexity index is 511. The first-order chi connectivity index (χ1) is 9.29. The Morgan fingerprint density at radius 1 is 1.45 bits per heavy atom. The maximum atomic E-state index is 11.8. The molecule has 2 amide bonds. The summed E-state index contributed by atoms with van der Waals surface area (Å²) in [6.45, 7) is 3.51. The predicted molar refractivity (Wildman–Crippen MR) is 67.6 cm³/mol. The normalized spacial score (nSPS) is 12.2. The molecule has 20 heavy (non-hydrogen) atoms.